The Hall–Kier alpha value is -2.07. The highest BCUT2D eigenvalue weighted by molar-refractivity contribution is 5.62. The van der Waals surface area contributed by atoms with E-state index in [1.807, 2.05) is 54.8 Å². The second-order valence-electron chi connectivity index (χ2n) is 6.49. The van der Waals surface area contributed by atoms with Crippen molar-refractivity contribution < 1.29 is 4.74 Å². The predicted molar refractivity (Wildman–Crippen MR) is 88.2 cm³/mol. The van der Waals surface area contributed by atoms with E-state index in [1.54, 1.807) is 7.11 Å². The van der Waals surface area contributed by atoms with Crippen molar-refractivity contribution in [3.05, 3.63) is 52.3 Å². The maximum atomic E-state index is 12.9. The lowest BCUT2D eigenvalue weighted by Crippen LogP contribution is -2.38. The van der Waals surface area contributed by atoms with Gasteiger partial charge in [-0.1, -0.05) is 12.1 Å². The van der Waals surface area contributed by atoms with Crippen molar-refractivity contribution in [2.24, 2.45) is 5.73 Å². The average Bonchev–Trinajstić information content (AvgIpc) is 3.30. The maximum Gasteiger partial charge on any atom is 0.256 e. The third-order valence-corrected chi connectivity index (χ3v) is 4.09. The van der Waals surface area contributed by atoms with Gasteiger partial charge in [-0.25, -0.2) is 0 Å². The lowest BCUT2D eigenvalue weighted by Gasteiger charge is -2.22. The normalized spacial score (nSPS) is 14.9. The molecule has 0 spiro atoms. The summed E-state index contributed by atoms with van der Waals surface area (Å²) in [6.45, 7) is 3.73. The Morgan fingerprint density at radius 3 is 2.55 bits per heavy atom. The van der Waals surface area contributed by atoms with Gasteiger partial charge in [0, 0.05) is 22.7 Å². The van der Waals surface area contributed by atoms with Crippen molar-refractivity contribution in [1.82, 2.24) is 4.57 Å². The summed E-state index contributed by atoms with van der Waals surface area (Å²) in [5.41, 5.74) is 8.11. The number of rotatable bonds is 4. The van der Waals surface area contributed by atoms with Crippen LogP contribution in [-0.4, -0.2) is 11.7 Å². The molecule has 3 rings (SSSR count). The molecular formula is C18H22N2O2. The quantitative estimate of drug-likeness (QED) is 0.944. The Kier molecular flexibility index (Phi) is 3.57. The Balaban J connectivity index is 2.20. The van der Waals surface area contributed by atoms with Crippen molar-refractivity contribution in [3.8, 4) is 17.0 Å². The number of pyridine rings is 1. The van der Waals surface area contributed by atoms with E-state index in [9.17, 15) is 4.79 Å². The molecule has 1 saturated carbocycles. The summed E-state index contributed by atoms with van der Waals surface area (Å²) in [5.74, 6) is 0.788. The molecule has 4 heteroatoms. The van der Waals surface area contributed by atoms with E-state index in [0.29, 0.717) is 5.56 Å². The van der Waals surface area contributed by atoms with Crippen LogP contribution in [0.1, 0.15) is 38.3 Å². The molecule has 22 heavy (non-hydrogen) atoms. The molecule has 2 aromatic rings. The number of aromatic nitrogens is 1. The smallest absolute Gasteiger partial charge is 0.256 e. The second kappa shape index (κ2) is 5.29. The first-order valence-corrected chi connectivity index (χ1v) is 7.61. The van der Waals surface area contributed by atoms with Crippen molar-refractivity contribution in [2.45, 2.75) is 38.3 Å². The largest absolute Gasteiger partial charge is 0.497 e. The topological polar surface area (TPSA) is 57.2 Å². The number of ether oxygens (including phenoxy) is 1. The van der Waals surface area contributed by atoms with Gasteiger partial charge in [0.1, 0.15) is 5.75 Å². The van der Waals surface area contributed by atoms with Crippen molar-refractivity contribution in [3.63, 3.8) is 0 Å². The SMILES string of the molecule is COc1cccc(-c2ccc(C(C)(C)N)c(=O)n2C2CC2)c1. The zero-order valence-corrected chi connectivity index (χ0v) is 13.3. The highest BCUT2D eigenvalue weighted by Gasteiger charge is 2.30. The predicted octanol–water partition coefficient (Wildman–Crippen LogP) is 3.05. The summed E-state index contributed by atoms with van der Waals surface area (Å²) < 4.78 is 7.19. The van der Waals surface area contributed by atoms with E-state index in [4.69, 9.17) is 10.5 Å². The summed E-state index contributed by atoms with van der Waals surface area (Å²) in [6, 6.07) is 12.0. The molecule has 4 nitrogen and oxygen atoms in total. The molecule has 1 aliphatic carbocycles. The molecule has 1 aromatic carbocycles. The molecule has 2 N–H and O–H groups in total. The van der Waals surface area contributed by atoms with Gasteiger partial charge < -0.3 is 15.0 Å². The van der Waals surface area contributed by atoms with Gasteiger partial charge >= 0.3 is 0 Å². The van der Waals surface area contributed by atoms with E-state index in [0.717, 1.165) is 29.8 Å². The number of nitrogens with zero attached hydrogens (tertiary/aromatic N) is 1. The molecule has 0 aliphatic heterocycles. The van der Waals surface area contributed by atoms with E-state index < -0.39 is 5.54 Å². The summed E-state index contributed by atoms with van der Waals surface area (Å²) in [4.78, 5) is 12.9. The second-order valence-corrected chi connectivity index (χ2v) is 6.49. The van der Waals surface area contributed by atoms with Gasteiger partial charge in [-0.2, -0.15) is 0 Å². The van der Waals surface area contributed by atoms with Crippen LogP contribution in [0.2, 0.25) is 0 Å². The molecular weight excluding hydrogens is 276 g/mol. The van der Waals surface area contributed by atoms with E-state index in [2.05, 4.69) is 0 Å². The minimum atomic E-state index is -0.638. The Labute approximate surface area is 130 Å². The number of benzene rings is 1. The first-order valence-electron chi connectivity index (χ1n) is 7.61. The number of nitrogens with two attached hydrogens (primary N) is 1. The first-order chi connectivity index (χ1) is 10.4. The standard InChI is InChI=1S/C18H22N2O2/c1-18(2,19)15-9-10-16(20(17(15)21)13-7-8-13)12-5-4-6-14(11-12)22-3/h4-6,9-11,13H,7-8,19H2,1-3H3. The van der Waals surface area contributed by atoms with E-state index >= 15 is 0 Å². The van der Waals surface area contributed by atoms with Crippen LogP contribution in [0.15, 0.2) is 41.2 Å². The van der Waals surface area contributed by atoms with Gasteiger partial charge in [-0.15, -0.1) is 0 Å². The number of hydrogen-bond donors (Lipinski definition) is 1. The van der Waals surface area contributed by atoms with Crippen LogP contribution < -0.4 is 16.0 Å². The van der Waals surface area contributed by atoms with Gasteiger partial charge in [0.25, 0.3) is 5.56 Å². The Bertz CT molecular complexity index is 752. The van der Waals surface area contributed by atoms with Crippen LogP contribution in [0.3, 0.4) is 0 Å². The van der Waals surface area contributed by atoms with E-state index in [1.165, 1.54) is 0 Å². The summed E-state index contributed by atoms with van der Waals surface area (Å²) in [5, 5.41) is 0. The summed E-state index contributed by atoms with van der Waals surface area (Å²) >= 11 is 0. The highest BCUT2D eigenvalue weighted by atomic mass is 16.5. The molecule has 0 unspecified atom stereocenters. The molecule has 0 atom stereocenters. The van der Waals surface area contributed by atoms with Crippen LogP contribution in [0.4, 0.5) is 0 Å². The maximum absolute atomic E-state index is 12.9. The number of hydrogen-bond acceptors (Lipinski definition) is 3. The fourth-order valence-electron chi connectivity index (χ4n) is 2.76. The van der Waals surface area contributed by atoms with Crippen LogP contribution in [-0.2, 0) is 5.54 Å². The summed E-state index contributed by atoms with van der Waals surface area (Å²) in [7, 11) is 1.65. The van der Waals surface area contributed by atoms with E-state index in [-0.39, 0.29) is 11.6 Å². The first kappa shape index (κ1) is 14.9. The van der Waals surface area contributed by atoms with Gasteiger partial charge in [-0.05, 0) is 51.0 Å². The Morgan fingerprint density at radius 2 is 1.95 bits per heavy atom. The average molecular weight is 298 g/mol. The lowest BCUT2D eigenvalue weighted by molar-refractivity contribution is 0.415. The molecule has 0 amide bonds. The number of methoxy groups -OCH3 is 1. The van der Waals surface area contributed by atoms with Crippen molar-refractivity contribution in [1.29, 1.82) is 0 Å². The van der Waals surface area contributed by atoms with Gasteiger partial charge in [0.2, 0.25) is 0 Å². The molecule has 0 saturated heterocycles. The van der Waals surface area contributed by atoms with Crippen molar-refractivity contribution in [2.75, 3.05) is 7.11 Å². The third kappa shape index (κ3) is 2.66. The molecule has 1 heterocycles. The van der Waals surface area contributed by atoms with Gasteiger partial charge in [0.05, 0.1) is 12.8 Å². The van der Waals surface area contributed by atoms with Crippen LogP contribution in [0.25, 0.3) is 11.3 Å². The summed E-state index contributed by atoms with van der Waals surface area (Å²) in [6.07, 6.45) is 2.09. The fourth-order valence-corrected chi connectivity index (χ4v) is 2.76. The van der Waals surface area contributed by atoms with Crippen LogP contribution in [0.5, 0.6) is 5.75 Å². The van der Waals surface area contributed by atoms with Crippen LogP contribution in [0, 0.1) is 0 Å². The third-order valence-electron chi connectivity index (χ3n) is 4.09. The van der Waals surface area contributed by atoms with Crippen LogP contribution >= 0.6 is 0 Å². The minimum Gasteiger partial charge on any atom is -0.497 e. The monoisotopic (exact) mass is 298 g/mol. The Morgan fingerprint density at radius 1 is 1.23 bits per heavy atom. The van der Waals surface area contributed by atoms with Gasteiger partial charge in [-0.3, -0.25) is 4.79 Å². The van der Waals surface area contributed by atoms with Crippen molar-refractivity contribution >= 4 is 0 Å². The molecule has 1 fully saturated rings. The molecule has 0 bridgehead atoms. The molecule has 0 radical (unpaired) electrons. The molecule has 116 valence electrons. The lowest BCUT2D eigenvalue weighted by atomic mass is 9.96. The molecule has 1 aliphatic rings. The molecule has 1 aromatic heterocycles. The minimum absolute atomic E-state index is 0.0234. The highest BCUT2D eigenvalue weighted by Crippen LogP contribution is 2.38. The fraction of sp³-hybridized carbons (Fsp3) is 0.389. The zero-order valence-electron chi connectivity index (χ0n) is 13.3. The zero-order chi connectivity index (χ0) is 15.9. The van der Waals surface area contributed by atoms with Gasteiger partial charge in [0.15, 0.2) is 0 Å².